The van der Waals surface area contributed by atoms with Crippen LogP contribution in [0.5, 0.6) is 10.8 Å². The standard InChI is InChI=1S/C24H19F2N5O3S/c1-24(2,31-20(32)15-11-27-13-28-12-15)22(33)30-23-29-19(14-3-5-16(25)6-4-14)21(35-23)34-18-9-7-17(26)8-10-18/h3-13H,1-2H3,(H,31,32)(H,29,30,33). The number of nitrogens with one attached hydrogen (secondary N) is 2. The second-order valence-corrected chi connectivity index (χ2v) is 8.84. The van der Waals surface area contributed by atoms with E-state index in [0.29, 0.717) is 22.1 Å². The van der Waals surface area contributed by atoms with Crippen LogP contribution in [0.1, 0.15) is 24.2 Å². The summed E-state index contributed by atoms with van der Waals surface area (Å²) in [5.41, 5.74) is -0.196. The van der Waals surface area contributed by atoms with Crippen molar-refractivity contribution in [3.63, 3.8) is 0 Å². The van der Waals surface area contributed by atoms with Gasteiger partial charge in [0.15, 0.2) is 5.13 Å². The Morgan fingerprint density at radius 2 is 1.54 bits per heavy atom. The Hall–Kier alpha value is -4.25. The first-order chi connectivity index (χ1) is 16.7. The highest BCUT2D eigenvalue weighted by Crippen LogP contribution is 2.40. The van der Waals surface area contributed by atoms with E-state index in [4.69, 9.17) is 4.74 Å². The Labute approximate surface area is 203 Å². The molecule has 0 unspecified atom stereocenters. The van der Waals surface area contributed by atoms with Crippen molar-refractivity contribution >= 4 is 28.3 Å². The molecule has 35 heavy (non-hydrogen) atoms. The van der Waals surface area contributed by atoms with E-state index in [-0.39, 0.29) is 10.7 Å². The maximum atomic E-state index is 13.4. The molecule has 178 valence electrons. The first-order valence-electron chi connectivity index (χ1n) is 10.3. The predicted molar refractivity (Wildman–Crippen MR) is 126 cm³/mol. The molecule has 11 heteroatoms. The Bertz CT molecular complexity index is 1340. The molecule has 0 aliphatic carbocycles. The van der Waals surface area contributed by atoms with E-state index >= 15 is 0 Å². The van der Waals surface area contributed by atoms with Gasteiger partial charge < -0.3 is 10.1 Å². The van der Waals surface area contributed by atoms with Crippen LogP contribution >= 0.6 is 11.3 Å². The maximum Gasteiger partial charge on any atom is 0.255 e. The summed E-state index contributed by atoms with van der Waals surface area (Å²) < 4.78 is 32.6. The minimum absolute atomic E-state index is 0.191. The van der Waals surface area contributed by atoms with Gasteiger partial charge in [0.2, 0.25) is 5.06 Å². The maximum absolute atomic E-state index is 13.4. The molecule has 0 aliphatic heterocycles. The Kier molecular flexibility index (Phi) is 6.78. The van der Waals surface area contributed by atoms with Crippen LogP contribution in [-0.4, -0.2) is 32.3 Å². The number of aromatic nitrogens is 3. The molecule has 0 saturated carbocycles. The van der Waals surface area contributed by atoms with E-state index in [2.05, 4.69) is 25.6 Å². The monoisotopic (exact) mass is 495 g/mol. The number of benzene rings is 2. The molecular weight excluding hydrogens is 476 g/mol. The average molecular weight is 496 g/mol. The Morgan fingerprint density at radius 3 is 2.17 bits per heavy atom. The van der Waals surface area contributed by atoms with Gasteiger partial charge in [-0.15, -0.1) is 0 Å². The summed E-state index contributed by atoms with van der Waals surface area (Å²) in [6.07, 6.45) is 3.97. The molecule has 2 aromatic heterocycles. The summed E-state index contributed by atoms with van der Waals surface area (Å²) in [5, 5.41) is 5.82. The normalized spacial score (nSPS) is 11.1. The molecule has 0 atom stereocenters. The highest BCUT2D eigenvalue weighted by atomic mass is 32.1. The fourth-order valence-electron chi connectivity index (χ4n) is 2.91. The summed E-state index contributed by atoms with van der Waals surface area (Å²) in [4.78, 5) is 37.5. The zero-order valence-electron chi connectivity index (χ0n) is 18.6. The number of nitrogens with zero attached hydrogens (tertiary/aromatic N) is 3. The van der Waals surface area contributed by atoms with E-state index < -0.39 is 29.0 Å². The fourth-order valence-corrected chi connectivity index (χ4v) is 3.77. The van der Waals surface area contributed by atoms with Crippen LogP contribution in [0.25, 0.3) is 11.3 Å². The van der Waals surface area contributed by atoms with Crippen LogP contribution in [0.4, 0.5) is 13.9 Å². The highest BCUT2D eigenvalue weighted by molar-refractivity contribution is 7.18. The first-order valence-corrected chi connectivity index (χ1v) is 11.1. The summed E-state index contributed by atoms with van der Waals surface area (Å²) in [6.45, 7) is 3.07. The molecule has 0 fully saturated rings. The van der Waals surface area contributed by atoms with E-state index in [1.54, 1.807) is 0 Å². The number of rotatable bonds is 7. The van der Waals surface area contributed by atoms with Crippen molar-refractivity contribution in [2.75, 3.05) is 5.32 Å². The lowest BCUT2D eigenvalue weighted by Gasteiger charge is -2.24. The molecule has 4 rings (SSSR count). The molecule has 8 nitrogen and oxygen atoms in total. The zero-order valence-corrected chi connectivity index (χ0v) is 19.4. The van der Waals surface area contributed by atoms with E-state index in [1.165, 1.54) is 81.1 Å². The fraction of sp³-hybridized carbons (Fsp3) is 0.125. The van der Waals surface area contributed by atoms with Crippen molar-refractivity contribution in [2.45, 2.75) is 19.4 Å². The van der Waals surface area contributed by atoms with Gasteiger partial charge in [-0.1, -0.05) is 11.3 Å². The van der Waals surface area contributed by atoms with Crippen molar-refractivity contribution < 1.29 is 23.1 Å². The van der Waals surface area contributed by atoms with Gasteiger partial charge in [0.05, 0.1) is 5.56 Å². The molecule has 0 aliphatic rings. The van der Waals surface area contributed by atoms with Crippen LogP contribution in [0, 0.1) is 11.6 Å². The Morgan fingerprint density at radius 1 is 0.943 bits per heavy atom. The quantitative estimate of drug-likeness (QED) is 0.381. The zero-order chi connectivity index (χ0) is 25.0. The molecular formula is C24H19F2N5O3S. The summed E-state index contributed by atoms with van der Waals surface area (Å²) in [7, 11) is 0. The lowest BCUT2D eigenvalue weighted by Crippen LogP contribution is -2.52. The number of amides is 2. The van der Waals surface area contributed by atoms with Gasteiger partial charge in [0, 0.05) is 18.0 Å². The second-order valence-electron chi connectivity index (χ2n) is 7.88. The number of ether oxygens (including phenoxy) is 1. The van der Waals surface area contributed by atoms with Crippen LogP contribution in [0.15, 0.2) is 67.3 Å². The van der Waals surface area contributed by atoms with Crippen LogP contribution < -0.4 is 15.4 Å². The van der Waals surface area contributed by atoms with Crippen LogP contribution in [-0.2, 0) is 4.79 Å². The number of thiazole rings is 1. The third-order valence-corrected chi connectivity index (χ3v) is 5.62. The lowest BCUT2D eigenvalue weighted by atomic mass is 10.0. The van der Waals surface area contributed by atoms with Crippen LogP contribution in [0.3, 0.4) is 0 Å². The minimum atomic E-state index is -1.31. The van der Waals surface area contributed by atoms with Crippen molar-refractivity contribution in [3.05, 3.63) is 84.4 Å². The predicted octanol–water partition coefficient (Wildman–Crippen LogP) is 4.82. The topological polar surface area (TPSA) is 106 Å². The van der Waals surface area contributed by atoms with Gasteiger partial charge in [-0.05, 0) is 62.4 Å². The number of hydrogen-bond donors (Lipinski definition) is 2. The average Bonchev–Trinajstić information content (AvgIpc) is 3.23. The van der Waals surface area contributed by atoms with Crippen molar-refractivity contribution in [1.82, 2.24) is 20.3 Å². The summed E-state index contributed by atoms with van der Waals surface area (Å²) in [5.74, 6) is -1.53. The third kappa shape index (κ3) is 5.82. The molecule has 0 spiro atoms. The van der Waals surface area contributed by atoms with Crippen molar-refractivity contribution in [3.8, 4) is 22.1 Å². The molecule has 0 saturated heterocycles. The van der Waals surface area contributed by atoms with E-state index in [0.717, 1.165) is 11.3 Å². The molecule has 2 amide bonds. The smallest absolute Gasteiger partial charge is 0.255 e. The number of hydrogen-bond acceptors (Lipinski definition) is 7. The van der Waals surface area contributed by atoms with Gasteiger partial charge in [-0.2, -0.15) is 0 Å². The Balaban J connectivity index is 1.57. The number of halogens is 2. The molecule has 2 heterocycles. The third-order valence-electron chi connectivity index (χ3n) is 4.77. The van der Waals surface area contributed by atoms with Gasteiger partial charge in [-0.25, -0.2) is 23.7 Å². The number of carbonyl (C=O) groups excluding carboxylic acids is 2. The molecule has 0 radical (unpaired) electrons. The summed E-state index contributed by atoms with van der Waals surface area (Å²) in [6, 6.07) is 11.0. The molecule has 2 N–H and O–H groups in total. The number of anilines is 1. The molecule has 0 bridgehead atoms. The van der Waals surface area contributed by atoms with Crippen molar-refractivity contribution in [1.29, 1.82) is 0 Å². The second kappa shape index (κ2) is 9.94. The van der Waals surface area contributed by atoms with Crippen LogP contribution in [0.2, 0.25) is 0 Å². The first kappa shape index (κ1) is 23.9. The van der Waals surface area contributed by atoms with Gasteiger partial charge in [-0.3, -0.25) is 14.9 Å². The van der Waals surface area contributed by atoms with Gasteiger partial charge in [0.1, 0.15) is 34.9 Å². The van der Waals surface area contributed by atoms with Crippen molar-refractivity contribution in [2.24, 2.45) is 0 Å². The van der Waals surface area contributed by atoms with E-state index in [9.17, 15) is 18.4 Å². The van der Waals surface area contributed by atoms with Gasteiger partial charge >= 0.3 is 0 Å². The summed E-state index contributed by atoms with van der Waals surface area (Å²) >= 11 is 1.03. The lowest BCUT2D eigenvalue weighted by molar-refractivity contribution is -0.120. The SMILES string of the molecule is CC(C)(NC(=O)c1cncnc1)C(=O)Nc1nc(-c2ccc(F)cc2)c(Oc2ccc(F)cc2)s1. The van der Waals surface area contributed by atoms with E-state index in [1.807, 2.05) is 0 Å². The van der Waals surface area contributed by atoms with Gasteiger partial charge in [0.25, 0.3) is 11.8 Å². The molecule has 2 aromatic carbocycles. The number of carbonyl (C=O) groups is 2. The highest BCUT2D eigenvalue weighted by Gasteiger charge is 2.31. The largest absolute Gasteiger partial charge is 0.444 e. The molecule has 4 aromatic rings. The minimum Gasteiger partial charge on any atom is -0.444 e.